The predicted octanol–water partition coefficient (Wildman–Crippen LogP) is 2.12. The Morgan fingerprint density at radius 1 is 1.20 bits per heavy atom. The van der Waals surface area contributed by atoms with E-state index in [-0.39, 0.29) is 12.1 Å². The molecule has 0 aliphatic heterocycles. The van der Waals surface area contributed by atoms with Crippen molar-refractivity contribution in [1.29, 1.82) is 0 Å². The van der Waals surface area contributed by atoms with E-state index in [9.17, 15) is 0 Å². The molecule has 0 fully saturated rings. The van der Waals surface area contributed by atoms with Gasteiger partial charge in [-0.25, -0.2) is 5.43 Å². The molecule has 20 heavy (non-hydrogen) atoms. The van der Waals surface area contributed by atoms with E-state index in [1.807, 2.05) is 39.0 Å². The Morgan fingerprint density at radius 2 is 2.00 bits per heavy atom. The lowest BCUT2D eigenvalue weighted by molar-refractivity contribution is 0.241. The minimum Gasteiger partial charge on any atom is -0.489 e. The average Bonchev–Trinajstić information content (AvgIpc) is 2.39. The lowest BCUT2D eigenvalue weighted by Crippen LogP contribution is -2.29. The van der Waals surface area contributed by atoms with Crippen LogP contribution in [0.3, 0.4) is 0 Å². The van der Waals surface area contributed by atoms with Crippen molar-refractivity contribution < 1.29 is 4.74 Å². The third-order valence-corrected chi connectivity index (χ3v) is 2.86. The maximum atomic E-state index is 5.70. The summed E-state index contributed by atoms with van der Waals surface area (Å²) in [6, 6.07) is 5.75. The Morgan fingerprint density at radius 3 is 2.65 bits per heavy atom. The molecule has 0 aliphatic carbocycles. The van der Waals surface area contributed by atoms with Gasteiger partial charge in [-0.2, -0.15) is 0 Å². The summed E-state index contributed by atoms with van der Waals surface area (Å²) in [6.07, 6.45) is 5.37. The number of ether oxygens (including phenoxy) is 1. The molecular weight excluding hydrogens is 252 g/mol. The Kier molecular flexibility index (Phi) is 4.65. The molecule has 2 aromatic rings. The second-order valence-electron chi connectivity index (χ2n) is 4.95. The van der Waals surface area contributed by atoms with Gasteiger partial charge >= 0.3 is 0 Å². The second-order valence-corrected chi connectivity index (χ2v) is 4.95. The van der Waals surface area contributed by atoms with Crippen molar-refractivity contribution >= 4 is 0 Å². The first-order chi connectivity index (χ1) is 9.60. The number of hydrazine groups is 1. The number of nitrogens with zero attached hydrogens (tertiary/aromatic N) is 2. The van der Waals surface area contributed by atoms with Crippen LogP contribution in [0, 0.1) is 6.92 Å². The topological polar surface area (TPSA) is 73.1 Å². The van der Waals surface area contributed by atoms with E-state index >= 15 is 0 Å². The average molecular weight is 272 g/mol. The molecule has 5 nitrogen and oxygen atoms in total. The van der Waals surface area contributed by atoms with Gasteiger partial charge in [-0.3, -0.25) is 15.8 Å². The summed E-state index contributed by atoms with van der Waals surface area (Å²) >= 11 is 0. The highest BCUT2D eigenvalue weighted by Gasteiger charge is 2.14. The number of hydrogen-bond donors (Lipinski definition) is 2. The summed E-state index contributed by atoms with van der Waals surface area (Å²) in [5, 5.41) is 0. The van der Waals surface area contributed by atoms with Gasteiger partial charge in [-0.05, 0) is 50.1 Å². The van der Waals surface area contributed by atoms with Crippen LogP contribution in [0.1, 0.15) is 36.7 Å². The van der Waals surface area contributed by atoms with Gasteiger partial charge < -0.3 is 4.74 Å². The smallest absolute Gasteiger partial charge is 0.138 e. The molecule has 3 N–H and O–H groups in total. The normalized spacial score (nSPS) is 12.4. The predicted molar refractivity (Wildman–Crippen MR) is 78.1 cm³/mol. The van der Waals surface area contributed by atoms with Gasteiger partial charge in [0.1, 0.15) is 5.75 Å². The van der Waals surface area contributed by atoms with Crippen molar-refractivity contribution in [2.24, 2.45) is 5.84 Å². The molecule has 2 aromatic heterocycles. The van der Waals surface area contributed by atoms with Crippen LogP contribution in [0.4, 0.5) is 0 Å². The zero-order valence-electron chi connectivity index (χ0n) is 12.0. The number of nitrogens with one attached hydrogen (secondary N) is 1. The fourth-order valence-electron chi connectivity index (χ4n) is 2.06. The van der Waals surface area contributed by atoms with E-state index in [2.05, 4.69) is 15.4 Å². The molecule has 0 radical (unpaired) electrons. The van der Waals surface area contributed by atoms with Gasteiger partial charge in [0.25, 0.3) is 0 Å². The summed E-state index contributed by atoms with van der Waals surface area (Å²) in [5.41, 5.74) is 5.77. The van der Waals surface area contributed by atoms with Gasteiger partial charge in [-0.1, -0.05) is 0 Å². The molecule has 0 aromatic carbocycles. The SMILES string of the molecule is Cc1cc(C(NN)c2cncc(OC(C)C)c2)ccn1. The maximum absolute atomic E-state index is 5.70. The minimum absolute atomic E-state index is 0.111. The Balaban J connectivity index is 2.32. The summed E-state index contributed by atoms with van der Waals surface area (Å²) in [6.45, 7) is 5.92. The molecule has 106 valence electrons. The first kappa shape index (κ1) is 14.4. The fourth-order valence-corrected chi connectivity index (χ4v) is 2.06. The van der Waals surface area contributed by atoms with E-state index in [1.54, 1.807) is 18.6 Å². The van der Waals surface area contributed by atoms with Crippen LogP contribution in [0.5, 0.6) is 5.75 Å². The molecule has 5 heteroatoms. The van der Waals surface area contributed by atoms with Crippen molar-refractivity contribution in [2.45, 2.75) is 32.9 Å². The largest absolute Gasteiger partial charge is 0.489 e. The maximum Gasteiger partial charge on any atom is 0.138 e. The lowest BCUT2D eigenvalue weighted by Gasteiger charge is -2.18. The third kappa shape index (κ3) is 3.53. The van der Waals surface area contributed by atoms with Gasteiger partial charge in [-0.15, -0.1) is 0 Å². The number of aryl methyl sites for hydroxylation is 1. The molecule has 0 spiro atoms. The molecule has 1 atom stereocenters. The van der Waals surface area contributed by atoms with E-state index in [1.165, 1.54) is 0 Å². The van der Waals surface area contributed by atoms with Crippen molar-refractivity contribution in [3.63, 3.8) is 0 Å². The molecule has 1 unspecified atom stereocenters. The molecule has 0 saturated carbocycles. The van der Waals surface area contributed by atoms with E-state index in [0.717, 1.165) is 22.6 Å². The highest BCUT2D eigenvalue weighted by Crippen LogP contribution is 2.24. The standard InChI is InChI=1S/C15H20N4O/c1-10(2)20-14-7-13(8-17-9-14)15(19-16)12-4-5-18-11(3)6-12/h4-10,15,19H,16H2,1-3H3. The van der Waals surface area contributed by atoms with Crippen LogP contribution >= 0.6 is 0 Å². The van der Waals surface area contributed by atoms with Gasteiger partial charge in [0.05, 0.1) is 18.3 Å². The second kappa shape index (κ2) is 6.45. The number of rotatable bonds is 5. The zero-order valence-corrected chi connectivity index (χ0v) is 12.0. The highest BCUT2D eigenvalue weighted by molar-refractivity contribution is 5.34. The van der Waals surface area contributed by atoms with Gasteiger partial charge in [0.15, 0.2) is 0 Å². The number of aromatic nitrogens is 2. The number of pyridine rings is 2. The number of nitrogens with two attached hydrogens (primary N) is 1. The van der Waals surface area contributed by atoms with Crippen molar-refractivity contribution in [1.82, 2.24) is 15.4 Å². The van der Waals surface area contributed by atoms with Crippen molar-refractivity contribution in [2.75, 3.05) is 0 Å². The Bertz CT molecular complexity index is 571. The molecule has 2 heterocycles. The van der Waals surface area contributed by atoms with Gasteiger partial charge in [0.2, 0.25) is 0 Å². The van der Waals surface area contributed by atoms with Crippen LogP contribution in [-0.4, -0.2) is 16.1 Å². The van der Waals surface area contributed by atoms with Crippen molar-refractivity contribution in [3.8, 4) is 5.75 Å². The molecule has 0 saturated heterocycles. The Hall–Kier alpha value is -1.98. The van der Waals surface area contributed by atoms with Crippen LogP contribution in [0.25, 0.3) is 0 Å². The van der Waals surface area contributed by atoms with E-state index in [0.29, 0.717) is 0 Å². The van der Waals surface area contributed by atoms with E-state index in [4.69, 9.17) is 10.6 Å². The van der Waals surface area contributed by atoms with E-state index < -0.39 is 0 Å². The lowest BCUT2D eigenvalue weighted by atomic mass is 10.0. The molecular formula is C15H20N4O. The number of hydrogen-bond acceptors (Lipinski definition) is 5. The zero-order chi connectivity index (χ0) is 14.5. The summed E-state index contributed by atoms with van der Waals surface area (Å²) in [7, 11) is 0. The molecule has 0 bridgehead atoms. The van der Waals surface area contributed by atoms with Crippen LogP contribution in [0.15, 0.2) is 36.8 Å². The monoisotopic (exact) mass is 272 g/mol. The van der Waals surface area contributed by atoms with Crippen LogP contribution in [-0.2, 0) is 0 Å². The van der Waals surface area contributed by atoms with Crippen LogP contribution in [0.2, 0.25) is 0 Å². The fraction of sp³-hybridized carbons (Fsp3) is 0.333. The molecule has 0 aliphatic rings. The highest BCUT2D eigenvalue weighted by atomic mass is 16.5. The first-order valence-corrected chi connectivity index (χ1v) is 6.60. The molecule has 0 amide bonds. The summed E-state index contributed by atoms with van der Waals surface area (Å²) < 4.78 is 5.67. The summed E-state index contributed by atoms with van der Waals surface area (Å²) in [4.78, 5) is 8.42. The van der Waals surface area contributed by atoms with Gasteiger partial charge in [0, 0.05) is 18.1 Å². The molecule has 2 rings (SSSR count). The minimum atomic E-state index is -0.139. The quantitative estimate of drug-likeness (QED) is 0.644. The van der Waals surface area contributed by atoms with Crippen LogP contribution < -0.4 is 16.0 Å². The van der Waals surface area contributed by atoms with Crippen molar-refractivity contribution in [3.05, 3.63) is 53.6 Å². The first-order valence-electron chi connectivity index (χ1n) is 6.60. The summed E-state index contributed by atoms with van der Waals surface area (Å²) in [5.74, 6) is 6.44. The third-order valence-electron chi connectivity index (χ3n) is 2.86. The Labute approximate surface area is 119 Å².